The van der Waals surface area contributed by atoms with Crippen LogP contribution in [0.3, 0.4) is 0 Å². The minimum absolute atomic E-state index is 0.0673. The Hall–Kier alpha value is -3.24. The van der Waals surface area contributed by atoms with E-state index in [2.05, 4.69) is 25.1 Å². The van der Waals surface area contributed by atoms with Gasteiger partial charge in [0.1, 0.15) is 22.4 Å². The number of halogens is 2. The maximum absolute atomic E-state index is 16.5. The third-order valence-electron chi connectivity index (χ3n) is 6.57. The fourth-order valence-corrected chi connectivity index (χ4v) is 5.15. The standard InChI is InChI=1S/C24H24ClFN6O3/c1-33-23-18-21(29-24(34-2)30-22(18)32-6-3-8-35-9-7-32)19(26)20(28-23)17-13-11-27-31-15(13)10-14(25)16(17)12-4-5-12/h10-12H,3-9H2,1-2H3,(H,27,31). The van der Waals surface area contributed by atoms with Gasteiger partial charge < -0.3 is 19.1 Å². The summed E-state index contributed by atoms with van der Waals surface area (Å²) in [6, 6.07) is 1.90. The van der Waals surface area contributed by atoms with Crippen LogP contribution in [0.2, 0.25) is 5.02 Å². The van der Waals surface area contributed by atoms with E-state index in [1.165, 1.54) is 14.2 Å². The molecule has 0 atom stereocenters. The highest BCUT2D eigenvalue weighted by Gasteiger charge is 2.34. The largest absolute Gasteiger partial charge is 0.480 e. The van der Waals surface area contributed by atoms with E-state index in [9.17, 15) is 0 Å². The number of H-pyrrole nitrogens is 1. The number of nitrogens with zero attached hydrogens (tertiary/aromatic N) is 5. The molecule has 182 valence electrons. The minimum Gasteiger partial charge on any atom is -0.480 e. The second kappa shape index (κ2) is 8.76. The number of aromatic amines is 1. The van der Waals surface area contributed by atoms with Gasteiger partial charge in [-0.3, -0.25) is 5.10 Å². The highest BCUT2D eigenvalue weighted by molar-refractivity contribution is 6.33. The molecule has 0 bridgehead atoms. The van der Waals surface area contributed by atoms with Crippen molar-refractivity contribution in [2.24, 2.45) is 0 Å². The molecule has 2 aliphatic rings. The average Bonchev–Trinajstić information content (AvgIpc) is 3.66. The number of pyridine rings is 1. The molecule has 4 aromatic rings. The molecule has 2 fully saturated rings. The number of rotatable bonds is 5. The van der Waals surface area contributed by atoms with Crippen LogP contribution in [-0.4, -0.2) is 65.7 Å². The van der Waals surface area contributed by atoms with E-state index in [0.717, 1.165) is 30.2 Å². The van der Waals surface area contributed by atoms with Crippen molar-refractivity contribution in [2.75, 3.05) is 45.4 Å². The van der Waals surface area contributed by atoms with Crippen LogP contribution in [0.1, 0.15) is 30.7 Å². The Balaban J connectivity index is 1.67. The monoisotopic (exact) mass is 498 g/mol. The maximum atomic E-state index is 16.5. The van der Waals surface area contributed by atoms with E-state index in [-0.39, 0.29) is 29.0 Å². The van der Waals surface area contributed by atoms with E-state index in [1.54, 1.807) is 6.20 Å². The normalized spacial score (nSPS) is 16.6. The first kappa shape index (κ1) is 22.2. The number of benzene rings is 1. The van der Waals surface area contributed by atoms with Crippen LogP contribution in [0.25, 0.3) is 33.1 Å². The van der Waals surface area contributed by atoms with Gasteiger partial charge in [0.25, 0.3) is 0 Å². The predicted molar refractivity (Wildman–Crippen MR) is 130 cm³/mol. The molecule has 1 N–H and O–H groups in total. The average molecular weight is 499 g/mol. The number of methoxy groups -OCH3 is 2. The highest BCUT2D eigenvalue weighted by Crippen LogP contribution is 2.51. The van der Waals surface area contributed by atoms with E-state index in [0.29, 0.717) is 53.6 Å². The van der Waals surface area contributed by atoms with Crippen molar-refractivity contribution in [1.29, 1.82) is 0 Å². The molecular formula is C24H24ClFN6O3. The zero-order valence-corrected chi connectivity index (χ0v) is 20.2. The lowest BCUT2D eigenvalue weighted by Gasteiger charge is -2.24. The van der Waals surface area contributed by atoms with Gasteiger partial charge in [0.2, 0.25) is 5.88 Å². The predicted octanol–water partition coefficient (Wildman–Crippen LogP) is 4.48. The van der Waals surface area contributed by atoms with Gasteiger partial charge in [-0.2, -0.15) is 15.1 Å². The Kier molecular flexibility index (Phi) is 5.57. The van der Waals surface area contributed by atoms with Crippen molar-refractivity contribution in [3.05, 3.63) is 28.7 Å². The summed E-state index contributed by atoms with van der Waals surface area (Å²) in [5, 5.41) is 8.81. The van der Waals surface area contributed by atoms with E-state index >= 15 is 4.39 Å². The lowest BCUT2D eigenvalue weighted by Crippen LogP contribution is -2.27. The zero-order valence-electron chi connectivity index (χ0n) is 19.4. The van der Waals surface area contributed by atoms with Crippen molar-refractivity contribution in [3.8, 4) is 23.1 Å². The molecule has 35 heavy (non-hydrogen) atoms. The van der Waals surface area contributed by atoms with Gasteiger partial charge in [-0.1, -0.05) is 11.6 Å². The van der Waals surface area contributed by atoms with E-state index < -0.39 is 5.82 Å². The fraction of sp³-hybridized carbons (Fsp3) is 0.417. The van der Waals surface area contributed by atoms with Crippen LogP contribution < -0.4 is 14.4 Å². The van der Waals surface area contributed by atoms with Gasteiger partial charge in [-0.05, 0) is 36.8 Å². The van der Waals surface area contributed by atoms with E-state index in [1.807, 2.05) is 11.0 Å². The van der Waals surface area contributed by atoms with Crippen LogP contribution >= 0.6 is 11.6 Å². The number of aromatic nitrogens is 5. The van der Waals surface area contributed by atoms with E-state index in [4.69, 9.17) is 25.8 Å². The number of nitrogens with one attached hydrogen (secondary N) is 1. The van der Waals surface area contributed by atoms with Crippen LogP contribution in [0.15, 0.2) is 12.3 Å². The Morgan fingerprint density at radius 2 is 2.00 bits per heavy atom. The first-order chi connectivity index (χ1) is 17.1. The van der Waals surface area contributed by atoms with Crippen molar-refractivity contribution in [1.82, 2.24) is 25.1 Å². The quantitative estimate of drug-likeness (QED) is 0.430. The number of anilines is 1. The molecule has 4 heterocycles. The van der Waals surface area contributed by atoms with Crippen molar-refractivity contribution >= 4 is 39.2 Å². The fourth-order valence-electron chi connectivity index (χ4n) is 4.80. The van der Waals surface area contributed by atoms with Crippen LogP contribution in [0.5, 0.6) is 11.9 Å². The summed E-state index contributed by atoms with van der Waals surface area (Å²) in [4.78, 5) is 15.7. The molecule has 1 saturated carbocycles. The Morgan fingerprint density at radius 3 is 2.77 bits per heavy atom. The second-order valence-corrected chi connectivity index (χ2v) is 9.15. The number of ether oxygens (including phenoxy) is 3. The molecule has 6 rings (SSSR count). The van der Waals surface area contributed by atoms with Gasteiger partial charge in [-0.15, -0.1) is 0 Å². The number of hydrogen-bond donors (Lipinski definition) is 1. The molecule has 11 heteroatoms. The maximum Gasteiger partial charge on any atom is 0.318 e. The Bertz CT molecular complexity index is 1430. The summed E-state index contributed by atoms with van der Waals surface area (Å²) >= 11 is 6.69. The SMILES string of the molecule is COc1nc(N2CCCOCC2)c2c(OC)nc(-c3c(C4CC4)c(Cl)cc4[nH]ncc34)c(F)c2n1. The topological polar surface area (TPSA) is 98.3 Å². The van der Waals surface area contributed by atoms with Gasteiger partial charge in [0.15, 0.2) is 5.82 Å². The minimum atomic E-state index is -0.583. The smallest absolute Gasteiger partial charge is 0.318 e. The van der Waals surface area contributed by atoms with Crippen LogP contribution in [0.4, 0.5) is 10.2 Å². The molecule has 0 spiro atoms. The number of hydrogen-bond acceptors (Lipinski definition) is 8. The van der Waals surface area contributed by atoms with Gasteiger partial charge in [0.05, 0.1) is 32.5 Å². The molecule has 1 aromatic carbocycles. The van der Waals surface area contributed by atoms with Gasteiger partial charge >= 0.3 is 6.01 Å². The van der Waals surface area contributed by atoms with Crippen molar-refractivity contribution in [3.63, 3.8) is 0 Å². The molecule has 0 unspecified atom stereocenters. The van der Waals surface area contributed by atoms with Crippen molar-refractivity contribution in [2.45, 2.75) is 25.2 Å². The molecule has 1 saturated heterocycles. The summed E-state index contributed by atoms with van der Waals surface area (Å²) in [5.74, 6) is 0.402. The zero-order chi connectivity index (χ0) is 24.1. The molecule has 9 nitrogen and oxygen atoms in total. The Labute approximate surface area is 205 Å². The molecular weight excluding hydrogens is 475 g/mol. The highest BCUT2D eigenvalue weighted by atomic mass is 35.5. The lowest BCUT2D eigenvalue weighted by atomic mass is 9.95. The summed E-state index contributed by atoms with van der Waals surface area (Å²) in [6.45, 7) is 2.48. The van der Waals surface area contributed by atoms with Gasteiger partial charge in [-0.25, -0.2) is 9.37 Å². The van der Waals surface area contributed by atoms with Gasteiger partial charge in [0, 0.05) is 35.7 Å². The Morgan fingerprint density at radius 1 is 1.14 bits per heavy atom. The molecule has 3 aromatic heterocycles. The summed E-state index contributed by atoms with van der Waals surface area (Å²) < 4.78 is 33.1. The second-order valence-electron chi connectivity index (χ2n) is 8.75. The summed E-state index contributed by atoms with van der Waals surface area (Å²) in [5.41, 5.74) is 2.40. The summed E-state index contributed by atoms with van der Waals surface area (Å²) in [6.07, 6.45) is 4.46. The first-order valence-electron chi connectivity index (χ1n) is 11.6. The van der Waals surface area contributed by atoms with Crippen molar-refractivity contribution < 1.29 is 18.6 Å². The molecule has 0 amide bonds. The molecule has 0 radical (unpaired) electrons. The third-order valence-corrected chi connectivity index (χ3v) is 6.88. The van der Waals surface area contributed by atoms with Crippen LogP contribution in [0, 0.1) is 5.82 Å². The lowest BCUT2D eigenvalue weighted by molar-refractivity contribution is 0.152. The first-order valence-corrected chi connectivity index (χ1v) is 12.0. The number of fused-ring (bicyclic) bond motifs is 2. The molecule has 1 aliphatic carbocycles. The van der Waals surface area contributed by atoms with Crippen LogP contribution in [-0.2, 0) is 4.74 Å². The summed E-state index contributed by atoms with van der Waals surface area (Å²) in [7, 11) is 2.97. The molecule has 1 aliphatic heterocycles. The third kappa shape index (κ3) is 3.71.